The van der Waals surface area contributed by atoms with Crippen LogP contribution >= 0.6 is 0 Å². The van der Waals surface area contributed by atoms with Crippen molar-refractivity contribution < 1.29 is 14.3 Å². The maximum atomic E-state index is 12.2. The number of carbonyl (C=O) groups is 1. The molecule has 0 bridgehead atoms. The molecule has 1 amide bonds. The van der Waals surface area contributed by atoms with Gasteiger partial charge in [-0.2, -0.15) is 0 Å². The quantitative estimate of drug-likeness (QED) is 0.917. The number of guanidine groups is 1. The number of nitrogens with one attached hydrogen (secondary N) is 1. The molecule has 0 spiro atoms. The van der Waals surface area contributed by atoms with Gasteiger partial charge in [-0.3, -0.25) is 9.69 Å². The topological polar surface area (TPSA) is 63.2 Å². The van der Waals surface area contributed by atoms with E-state index in [9.17, 15) is 4.79 Å². The van der Waals surface area contributed by atoms with Crippen molar-refractivity contribution in [3.05, 3.63) is 54.1 Å². The van der Waals surface area contributed by atoms with Crippen LogP contribution in [0.4, 0.5) is 5.69 Å². The van der Waals surface area contributed by atoms with Gasteiger partial charge in [-0.25, -0.2) is 4.99 Å². The van der Waals surface area contributed by atoms with Crippen molar-refractivity contribution in [1.29, 1.82) is 0 Å². The van der Waals surface area contributed by atoms with E-state index >= 15 is 0 Å². The van der Waals surface area contributed by atoms with Gasteiger partial charge >= 0.3 is 0 Å². The average Bonchev–Trinajstić information content (AvgIpc) is 2.96. The van der Waals surface area contributed by atoms with Crippen molar-refractivity contribution in [2.75, 3.05) is 26.1 Å². The Morgan fingerprint density at radius 2 is 1.92 bits per heavy atom. The summed E-state index contributed by atoms with van der Waals surface area (Å²) in [6.07, 6.45) is 0. The summed E-state index contributed by atoms with van der Waals surface area (Å²) < 4.78 is 10.6. The molecule has 0 fully saturated rings. The smallest absolute Gasteiger partial charge is 0.251 e. The van der Waals surface area contributed by atoms with Crippen LogP contribution < -0.4 is 14.8 Å². The summed E-state index contributed by atoms with van der Waals surface area (Å²) >= 11 is 0. The van der Waals surface area contributed by atoms with Crippen LogP contribution in [0.2, 0.25) is 0 Å². The molecule has 24 heavy (non-hydrogen) atoms. The Balaban J connectivity index is 1.82. The van der Waals surface area contributed by atoms with Crippen molar-refractivity contribution >= 4 is 17.6 Å². The Hall–Kier alpha value is -3.02. The molecule has 3 rings (SSSR count). The fraction of sp³-hybridized carbons (Fsp3) is 0.222. The highest BCUT2D eigenvalue weighted by atomic mass is 16.5. The fourth-order valence-electron chi connectivity index (χ4n) is 2.50. The number of rotatable bonds is 5. The van der Waals surface area contributed by atoms with Gasteiger partial charge < -0.3 is 14.8 Å². The lowest BCUT2D eigenvalue weighted by molar-refractivity contribution is -0.125. The summed E-state index contributed by atoms with van der Waals surface area (Å²) in [5, 5.41) is 3.19. The zero-order valence-corrected chi connectivity index (χ0v) is 13.7. The molecule has 0 saturated heterocycles. The van der Waals surface area contributed by atoms with E-state index in [1.54, 1.807) is 25.2 Å². The summed E-state index contributed by atoms with van der Waals surface area (Å²) in [7, 11) is 3.19. The number of benzene rings is 2. The van der Waals surface area contributed by atoms with E-state index in [1.165, 1.54) is 0 Å². The summed E-state index contributed by atoms with van der Waals surface area (Å²) in [5.41, 5.74) is 1.74. The van der Waals surface area contributed by atoms with Gasteiger partial charge in [-0.05, 0) is 17.7 Å². The Morgan fingerprint density at radius 1 is 1.12 bits per heavy atom. The zero-order chi connectivity index (χ0) is 16.9. The van der Waals surface area contributed by atoms with Crippen LogP contribution in [0.25, 0.3) is 0 Å². The Bertz CT molecular complexity index is 759. The predicted octanol–water partition coefficient (Wildman–Crippen LogP) is 2.51. The van der Waals surface area contributed by atoms with Crippen LogP contribution in [0.1, 0.15) is 5.56 Å². The predicted molar refractivity (Wildman–Crippen MR) is 92.5 cm³/mol. The van der Waals surface area contributed by atoms with Crippen molar-refractivity contribution in [2.24, 2.45) is 4.99 Å². The van der Waals surface area contributed by atoms with E-state index < -0.39 is 0 Å². The van der Waals surface area contributed by atoms with E-state index in [0.29, 0.717) is 29.7 Å². The molecule has 1 aliphatic heterocycles. The minimum atomic E-state index is -0.0387. The SMILES string of the molecule is COc1ccc(OC)c(NC2=NCC(=O)N2Cc2ccccc2)c1. The minimum Gasteiger partial charge on any atom is -0.497 e. The first-order chi connectivity index (χ1) is 11.7. The van der Waals surface area contributed by atoms with Crippen molar-refractivity contribution in [2.45, 2.75) is 6.54 Å². The molecule has 1 N–H and O–H groups in total. The van der Waals surface area contributed by atoms with Crippen LogP contribution in [0, 0.1) is 0 Å². The molecule has 2 aromatic carbocycles. The Kier molecular flexibility index (Phi) is 4.65. The van der Waals surface area contributed by atoms with E-state index in [-0.39, 0.29) is 12.5 Å². The van der Waals surface area contributed by atoms with Gasteiger partial charge in [0.1, 0.15) is 18.0 Å². The number of hydrogen-bond acceptors (Lipinski definition) is 5. The minimum absolute atomic E-state index is 0.0387. The van der Waals surface area contributed by atoms with Gasteiger partial charge in [0.2, 0.25) is 5.96 Å². The number of nitrogens with zero attached hydrogens (tertiary/aromatic N) is 2. The molecule has 0 radical (unpaired) electrons. The van der Waals surface area contributed by atoms with Gasteiger partial charge in [-0.15, -0.1) is 0 Å². The molecule has 0 unspecified atom stereocenters. The second kappa shape index (κ2) is 7.04. The molecule has 1 heterocycles. The highest BCUT2D eigenvalue weighted by Crippen LogP contribution is 2.29. The molecule has 6 nitrogen and oxygen atoms in total. The lowest BCUT2D eigenvalue weighted by Gasteiger charge is -2.20. The summed E-state index contributed by atoms with van der Waals surface area (Å²) in [6.45, 7) is 0.610. The third-order valence-corrected chi connectivity index (χ3v) is 3.76. The first kappa shape index (κ1) is 15.9. The molecule has 1 aliphatic rings. The Labute approximate surface area is 140 Å². The number of carbonyl (C=O) groups excluding carboxylic acids is 1. The van der Waals surface area contributed by atoms with Gasteiger partial charge in [-0.1, -0.05) is 30.3 Å². The van der Waals surface area contributed by atoms with E-state index in [4.69, 9.17) is 9.47 Å². The monoisotopic (exact) mass is 325 g/mol. The van der Waals surface area contributed by atoms with Gasteiger partial charge in [0.15, 0.2) is 0 Å². The lowest BCUT2D eigenvalue weighted by atomic mass is 10.2. The van der Waals surface area contributed by atoms with Gasteiger partial charge in [0.05, 0.1) is 26.5 Å². The Morgan fingerprint density at radius 3 is 2.62 bits per heavy atom. The number of hydrogen-bond donors (Lipinski definition) is 1. The summed E-state index contributed by atoms with van der Waals surface area (Å²) in [4.78, 5) is 18.1. The summed E-state index contributed by atoms with van der Waals surface area (Å²) in [6, 6.07) is 15.2. The molecular formula is C18H19N3O3. The lowest BCUT2D eigenvalue weighted by Crippen LogP contribution is -2.36. The highest BCUT2D eigenvalue weighted by molar-refractivity contribution is 6.09. The molecule has 2 aromatic rings. The van der Waals surface area contributed by atoms with E-state index in [2.05, 4.69) is 10.3 Å². The third kappa shape index (κ3) is 3.32. The normalized spacial score (nSPS) is 13.7. The zero-order valence-electron chi connectivity index (χ0n) is 13.7. The van der Waals surface area contributed by atoms with E-state index in [1.807, 2.05) is 42.5 Å². The number of anilines is 1. The summed E-state index contributed by atoms with van der Waals surface area (Å²) in [5.74, 6) is 1.81. The molecule has 0 aromatic heterocycles. The molecular weight excluding hydrogens is 306 g/mol. The van der Waals surface area contributed by atoms with Crippen LogP contribution in [0.5, 0.6) is 11.5 Å². The molecule has 6 heteroatoms. The number of methoxy groups -OCH3 is 2. The molecule has 0 atom stereocenters. The maximum absolute atomic E-state index is 12.2. The second-order valence-corrected chi connectivity index (χ2v) is 5.30. The van der Waals surface area contributed by atoms with Crippen LogP contribution in [0.15, 0.2) is 53.5 Å². The molecule has 124 valence electrons. The first-order valence-electron chi connectivity index (χ1n) is 7.59. The van der Waals surface area contributed by atoms with E-state index in [0.717, 1.165) is 5.56 Å². The first-order valence-corrected chi connectivity index (χ1v) is 7.59. The maximum Gasteiger partial charge on any atom is 0.251 e. The van der Waals surface area contributed by atoms with Crippen molar-refractivity contribution in [1.82, 2.24) is 4.90 Å². The van der Waals surface area contributed by atoms with Crippen molar-refractivity contribution in [3.63, 3.8) is 0 Å². The molecule has 0 aliphatic carbocycles. The van der Waals surface area contributed by atoms with Crippen molar-refractivity contribution in [3.8, 4) is 11.5 Å². The van der Waals surface area contributed by atoms with Crippen LogP contribution in [0.3, 0.4) is 0 Å². The number of amides is 1. The molecule has 0 saturated carbocycles. The number of ether oxygens (including phenoxy) is 2. The highest BCUT2D eigenvalue weighted by Gasteiger charge is 2.26. The van der Waals surface area contributed by atoms with Crippen LogP contribution in [-0.4, -0.2) is 37.5 Å². The standard InChI is InChI=1S/C18H19N3O3/c1-23-14-8-9-16(24-2)15(10-14)20-18-19-11-17(22)21(18)12-13-6-4-3-5-7-13/h3-10H,11-12H2,1-2H3,(H,19,20). The van der Waals surface area contributed by atoms with Crippen LogP contribution in [-0.2, 0) is 11.3 Å². The van der Waals surface area contributed by atoms with Gasteiger partial charge in [0, 0.05) is 6.07 Å². The fourth-order valence-corrected chi connectivity index (χ4v) is 2.50. The second-order valence-electron chi connectivity index (χ2n) is 5.30. The third-order valence-electron chi connectivity index (χ3n) is 3.76. The van der Waals surface area contributed by atoms with Gasteiger partial charge in [0.25, 0.3) is 5.91 Å². The average molecular weight is 325 g/mol. The number of aliphatic imine (C=N–C) groups is 1. The largest absolute Gasteiger partial charge is 0.497 e.